The van der Waals surface area contributed by atoms with E-state index >= 15 is 0 Å². The Hall–Kier alpha value is 0. The maximum Gasteiger partial charge on any atom is -0.0324 e. The van der Waals surface area contributed by atoms with Crippen LogP contribution in [0.2, 0.25) is 0 Å². The molecule has 74 valence electrons. The van der Waals surface area contributed by atoms with E-state index in [4.69, 9.17) is 0 Å². The molecule has 3 aliphatic rings. The first-order valence-corrected chi connectivity index (χ1v) is 6.27. The van der Waals surface area contributed by atoms with Gasteiger partial charge in [-0.3, -0.25) is 0 Å². The molecule has 0 amide bonds. The molecule has 3 rings (SSSR count). The van der Waals surface area contributed by atoms with Gasteiger partial charge >= 0.3 is 0 Å². The molecule has 3 fully saturated rings. The first-order valence-electron chi connectivity index (χ1n) is 6.27. The van der Waals surface area contributed by atoms with Crippen molar-refractivity contribution < 1.29 is 0 Å². The van der Waals surface area contributed by atoms with E-state index in [0.717, 1.165) is 29.6 Å². The van der Waals surface area contributed by atoms with Gasteiger partial charge < -0.3 is 0 Å². The highest BCUT2D eigenvalue weighted by Crippen LogP contribution is 2.60. The Morgan fingerprint density at radius 3 is 1.92 bits per heavy atom. The van der Waals surface area contributed by atoms with Crippen LogP contribution >= 0.6 is 0 Å². The van der Waals surface area contributed by atoms with Crippen molar-refractivity contribution in [2.75, 3.05) is 0 Å². The van der Waals surface area contributed by atoms with Crippen molar-refractivity contribution in [2.45, 2.75) is 46.0 Å². The third-order valence-electron chi connectivity index (χ3n) is 5.52. The van der Waals surface area contributed by atoms with Gasteiger partial charge in [-0.2, -0.15) is 0 Å². The molecule has 0 aliphatic heterocycles. The molecule has 0 radical (unpaired) electrons. The Morgan fingerprint density at radius 2 is 1.46 bits per heavy atom. The molecule has 0 spiro atoms. The summed E-state index contributed by atoms with van der Waals surface area (Å²) in [7, 11) is 0. The van der Waals surface area contributed by atoms with Crippen LogP contribution in [0.15, 0.2) is 0 Å². The van der Waals surface area contributed by atoms with Gasteiger partial charge in [0, 0.05) is 0 Å². The zero-order chi connectivity index (χ0) is 9.00. The predicted octanol–water partition coefficient (Wildman–Crippen LogP) is 3.71. The minimum atomic E-state index is 1.06. The summed E-state index contributed by atoms with van der Waals surface area (Å²) >= 11 is 0. The monoisotopic (exact) mass is 178 g/mol. The molecule has 0 saturated heterocycles. The van der Waals surface area contributed by atoms with E-state index in [0.29, 0.717) is 0 Å². The molecular formula is C13H22. The largest absolute Gasteiger partial charge is 0.0622 e. The molecule has 0 N–H and O–H groups in total. The van der Waals surface area contributed by atoms with Gasteiger partial charge in [-0.05, 0) is 54.8 Å². The van der Waals surface area contributed by atoms with Crippen molar-refractivity contribution in [3.05, 3.63) is 0 Å². The van der Waals surface area contributed by atoms with E-state index in [2.05, 4.69) is 13.8 Å². The van der Waals surface area contributed by atoms with Gasteiger partial charge in [0.05, 0.1) is 0 Å². The Balaban J connectivity index is 1.72. The Labute approximate surface area is 82.1 Å². The van der Waals surface area contributed by atoms with Crippen LogP contribution < -0.4 is 0 Å². The molecule has 0 nitrogen and oxygen atoms in total. The summed E-state index contributed by atoms with van der Waals surface area (Å²) < 4.78 is 0. The fourth-order valence-electron chi connectivity index (χ4n) is 4.36. The second-order valence-electron chi connectivity index (χ2n) is 6.01. The van der Waals surface area contributed by atoms with Crippen LogP contribution in [-0.2, 0) is 0 Å². The van der Waals surface area contributed by atoms with Crippen molar-refractivity contribution in [3.63, 3.8) is 0 Å². The van der Waals surface area contributed by atoms with Crippen molar-refractivity contribution in [2.24, 2.45) is 35.5 Å². The smallest absolute Gasteiger partial charge is 0.0324 e. The van der Waals surface area contributed by atoms with E-state index in [-0.39, 0.29) is 0 Å². The van der Waals surface area contributed by atoms with E-state index in [1.165, 1.54) is 18.8 Å². The Kier molecular flexibility index (Phi) is 1.76. The highest BCUT2D eigenvalue weighted by molar-refractivity contribution is 5.01. The van der Waals surface area contributed by atoms with Crippen LogP contribution in [-0.4, -0.2) is 0 Å². The van der Waals surface area contributed by atoms with Crippen molar-refractivity contribution >= 4 is 0 Å². The van der Waals surface area contributed by atoms with Crippen LogP contribution in [0, 0.1) is 35.5 Å². The minimum Gasteiger partial charge on any atom is -0.0622 e. The zero-order valence-corrected chi connectivity index (χ0v) is 9.00. The van der Waals surface area contributed by atoms with E-state index in [9.17, 15) is 0 Å². The van der Waals surface area contributed by atoms with Gasteiger partial charge in [-0.1, -0.05) is 26.7 Å². The minimum absolute atomic E-state index is 1.06. The number of rotatable bonds is 1. The predicted molar refractivity (Wildman–Crippen MR) is 55.4 cm³/mol. The highest BCUT2D eigenvalue weighted by Gasteiger charge is 2.52. The normalized spacial score (nSPS) is 59.5. The summed E-state index contributed by atoms with van der Waals surface area (Å²) in [5.41, 5.74) is 0. The quantitative estimate of drug-likeness (QED) is 0.574. The third kappa shape index (κ3) is 1.04. The van der Waals surface area contributed by atoms with Crippen LogP contribution in [0.3, 0.4) is 0 Å². The first kappa shape index (κ1) is 8.32. The molecule has 0 aromatic rings. The summed E-state index contributed by atoms with van der Waals surface area (Å²) in [5.74, 6) is 6.75. The van der Waals surface area contributed by atoms with Crippen molar-refractivity contribution in [1.29, 1.82) is 0 Å². The summed E-state index contributed by atoms with van der Waals surface area (Å²) in [4.78, 5) is 0. The lowest BCUT2D eigenvalue weighted by molar-refractivity contribution is -0.102. The number of fused-ring (bicyclic) bond motifs is 2. The maximum absolute atomic E-state index is 2.50. The lowest BCUT2D eigenvalue weighted by Gasteiger charge is -2.59. The third-order valence-corrected chi connectivity index (χ3v) is 5.52. The van der Waals surface area contributed by atoms with Crippen LogP contribution in [0.25, 0.3) is 0 Å². The highest BCUT2D eigenvalue weighted by atomic mass is 14.6. The van der Waals surface area contributed by atoms with E-state index in [1.807, 2.05) is 0 Å². The maximum atomic E-state index is 2.50. The van der Waals surface area contributed by atoms with Gasteiger partial charge in [0.1, 0.15) is 0 Å². The molecule has 6 unspecified atom stereocenters. The molecule has 3 saturated carbocycles. The average Bonchev–Trinajstić information content (AvgIpc) is 2.10. The molecule has 0 heterocycles. The van der Waals surface area contributed by atoms with Gasteiger partial charge in [0.2, 0.25) is 0 Å². The molecule has 6 atom stereocenters. The fraction of sp³-hybridized carbons (Fsp3) is 1.00. The molecule has 2 bridgehead atoms. The van der Waals surface area contributed by atoms with Gasteiger partial charge in [-0.15, -0.1) is 0 Å². The summed E-state index contributed by atoms with van der Waals surface area (Å²) in [5, 5.41) is 0. The Bertz CT molecular complexity index is 204. The second-order valence-corrected chi connectivity index (χ2v) is 6.01. The van der Waals surface area contributed by atoms with E-state index in [1.54, 1.807) is 19.3 Å². The average molecular weight is 178 g/mol. The lowest BCUT2D eigenvalue weighted by Crippen LogP contribution is -2.52. The molecule has 0 aromatic heterocycles. The molecular weight excluding hydrogens is 156 g/mol. The molecule has 13 heavy (non-hydrogen) atoms. The fourth-order valence-corrected chi connectivity index (χ4v) is 4.36. The van der Waals surface area contributed by atoms with Crippen LogP contribution in [0.4, 0.5) is 0 Å². The molecule has 0 aromatic carbocycles. The SMILES string of the molecule is CC1CCC1C1C2CCC(C)C1C2. The molecule has 0 heteroatoms. The van der Waals surface area contributed by atoms with E-state index < -0.39 is 0 Å². The summed E-state index contributed by atoms with van der Waals surface area (Å²) in [6.07, 6.45) is 7.77. The lowest BCUT2D eigenvalue weighted by atomic mass is 9.46. The number of hydrogen-bond donors (Lipinski definition) is 0. The summed E-state index contributed by atoms with van der Waals surface area (Å²) in [6.45, 7) is 4.98. The molecule has 3 aliphatic carbocycles. The Morgan fingerprint density at radius 1 is 0.769 bits per heavy atom. The van der Waals surface area contributed by atoms with Crippen LogP contribution in [0.1, 0.15) is 46.0 Å². The first-order chi connectivity index (χ1) is 6.27. The standard InChI is InChI=1S/C13H22/c1-8-4-6-11(8)13-10-5-3-9(2)12(13)7-10/h8-13H,3-7H2,1-2H3. The topological polar surface area (TPSA) is 0 Å². The van der Waals surface area contributed by atoms with Gasteiger partial charge in [-0.25, -0.2) is 0 Å². The van der Waals surface area contributed by atoms with Gasteiger partial charge in [0.25, 0.3) is 0 Å². The van der Waals surface area contributed by atoms with Crippen molar-refractivity contribution in [3.8, 4) is 0 Å². The second kappa shape index (κ2) is 2.74. The summed E-state index contributed by atoms with van der Waals surface area (Å²) in [6, 6.07) is 0. The zero-order valence-electron chi connectivity index (χ0n) is 9.00. The number of hydrogen-bond acceptors (Lipinski definition) is 0. The van der Waals surface area contributed by atoms with Crippen molar-refractivity contribution in [1.82, 2.24) is 0 Å². The van der Waals surface area contributed by atoms with Crippen LogP contribution in [0.5, 0.6) is 0 Å². The van der Waals surface area contributed by atoms with Gasteiger partial charge in [0.15, 0.2) is 0 Å².